The summed E-state index contributed by atoms with van der Waals surface area (Å²) >= 11 is 1.22. The molecule has 1 unspecified atom stereocenters. The average molecular weight is 282 g/mol. The molecule has 2 rings (SSSR count). The van der Waals surface area contributed by atoms with Crippen molar-refractivity contribution < 1.29 is 13.7 Å². The number of carbonyl (C=O) groups is 1. The zero-order valence-corrected chi connectivity index (χ0v) is 11.0. The summed E-state index contributed by atoms with van der Waals surface area (Å²) in [6.07, 6.45) is 3.11. The first kappa shape index (κ1) is 12.8. The number of rotatable bonds is 5. The third-order valence-corrected chi connectivity index (χ3v) is 4.51. The number of hydrogen-bond donors (Lipinski definition) is 0. The molecule has 1 atom stereocenters. The highest BCUT2D eigenvalue weighted by atomic mass is 32.2. The summed E-state index contributed by atoms with van der Waals surface area (Å²) in [4.78, 5) is 20.3. The maximum atomic E-state index is 11.9. The average Bonchev–Trinajstić information content (AvgIpc) is 2.80. The van der Waals surface area contributed by atoms with Crippen molar-refractivity contribution in [2.24, 2.45) is 0 Å². The van der Waals surface area contributed by atoms with Crippen molar-refractivity contribution in [3.63, 3.8) is 0 Å². The minimum Gasteiger partial charge on any atom is -0.461 e. The molecule has 18 heavy (non-hydrogen) atoms. The van der Waals surface area contributed by atoms with E-state index < -0.39 is 16.8 Å². The molecule has 2 aromatic heterocycles. The van der Waals surface area contributed by atoms with Crippen LogP contribution in [0.1, 0.15) is 0 Å². The second kappa shape index (κ2) is 5.83. The molecule has 94 valence electrons. The summed E-state index contributed by atoms with van der Waals surface area (Å²) in [5, 5.41) is 0. The Hall–Kier alpha value is -1.60. The Balaban J connectivity index is 2.09. The molecular weight excluding hydrogens is 272 g/mol. The molecular formula is C11H10N2O3S2. The van der Waals surface area contributed by atoms with Crippen LogP contribution in [0.4, 0.5) is 0 Å². The van der Waals surface area contributed by atoms with Crippen LogP contribution in [0.5, 0.6) is 0 Å². The molecule has 0 fully saturated rings. The highest BCUT2D eigenvalue weighted by molar-refractivity contribution is 7.88. The van der Waals surface area contributed by atoms with Gasteiger partial charge < -0.3 is 4.74 Å². The maximum Gasteiger partial charge on any atom is 0.319 e. The normalized spacial score (nSPS) is 12.2. The van der Waals surface area contributed by atoms with E-state index in [2.05, 4.69) is 16.5 Å². The van der Waals surface area contributed by atoms with Crippen LogP contribution in [0.2, 0.25) is 0 Å². The number of aromatic nitrogens is 2. The predicted molar refractivity (Wildman–Crippen MR) is 69.8 cm³/mol. The number of hydrogen-bond acceptors (Lipinski definition) is 6. The Labute approximate surface area is 110 Å². The summed E-state index contributed by atoms with van der Waals surface area (Å²) in [6, 6.07) is 3.54. The van der Waals surface area contributed by atoms with Crippen LogP contribution >= 0.6 is 11.3 Å². The highest BCUT2D eigenvalue weighted by Gasteiger charge is 2.15. The van der Waals surface area contributed by atoms with Crippen molar-refractivity contribution in [3.8, 4) is 0 Å². The van der Waals surface area contributed by atoms with Gasteiger partial charge in [0.15, 0.2) is 4.34 Å². The van der Waals surface area contributed by atoms with E-state index in [9.17, 15) is 9.00 Å². The molecule has 0 bridgehead atoms. The number of ether oxygens (including phenoxy) is 1. The molecule has 0 saturated heterocycles. The van der Waals surface area contributed by atoms with Crippen molar-refractivity contribution in [3.05, 3.63) is 31.0 Å². The summed E-state index contributed by atoms with van der Waals surface area (Å²) in [7, 11) is -1.49. The van der Waals surface area contributed by atoms with E-state index in [1.54, 1.807) is 18.3 Å². The van der Waals surface area contributed by atoms with Gasteiger partial charge in [-0.1, -0.05) is 24.0 Å². The third kappa shape index (κ3) is 2.99. The van der Waals surface area contributed by atoms with Gasteiger partial charge in [0.25, 0.3) is 0 Å². The summed E-state index contributed by atoms with van der Waals surface area (Å²) < 4.78 is 17.0. The van der Waals surface area contributed by atoms with E-state index in [0.29, 0.717) is 14.7 Å². The van der Waals surface area contributed by atoms with E-state index in [4.69, 9.17) is 4.74 Å². The smallest absolute Gasteiger partial charge is 0.319 e. The second-order valence-electron chi connectivity index (χ2n) is 3.27. The predicted octanol–water partition coefficient (Wildman–Crippen LogP) is 1.53. The molecule has 0 aromatic carbocycles. The van der Waals surface area contributed by atoms with E-state index in [1.807, 2.05) is 0 Å². The zero-order valence-electron chi connectivity index (χ0n) is 9.37. The minimum atomic E-state index is -1.49. The molecule has 0 aliphatic rings. The van der Waals surface area contributed by atoms with Gasteiger partial charge in [-0.25, -0.2) is 9.97 Å². The SMILES string of the molecule is C=CCOC(=O)CS(=O)c1nc2cccnc2s1. The fraction of sp³-hybridized carbons (Fsp3) is 0.182. The first-order chi connectivity index (χ1) is 8.70. The van der Waals surface area contributed by atoms with Crippen LogP contribution in [0, 0.1) is 0 Å². The molecule has 0 amide bonds. The highest BCUT2D eigenvalue weighted by Crippen LogP contribution is 2.22. The molecule has 2 heterocycles. The number of nitrogens with zero attached hydrogens (tertiary/aromatic N) is 2. The second-order valence-corrected chi connectivity index (χ2v) is 5.87. The van der Waals surface area contributed by atoms with E-state index in [-0.39, 0.29) is 12.4 Å². The lowest BCUT2D eigenvalue weighted by Crippen LogP contribution is -2.14. The topological polar surface area (TPSA) is 69.2 Å². The zero-order chi connectivity index (χ0) is 13.0. The molecule has 0 saturated carbocycles. The van der Waals surface area contributed by atoms with Crippen LogP contribution < -0.4 is 0 Å². The van der Waals surface area contributed by atoms with Crippen molar-refractivity contribution >= 4 is 38.5 Å². The van der Waals surface area contributed by atoms with Crippen LogP contribution in [0.25, 0.3) is 10.3 Å². The lowest BCUT2D eigenvalue weighted by Gasteiger charge is -1.99. The minimum absolute atomic E-state index is 0.122. The number of pyridine rings is 1. The molecule has 0 N–H and O–H groups in total. The molecule has 0 aliphatic carbocycles. The van der Waals surface area contributed by atoms with Gasteiger partial charge >= 0.3 is 5.97 Å². The number of esters is 1. The molecule has 0 spiro atoms. The van der Waals surface area contributed by atoms with Crippen LogP contribution in [-0.2, 0) is 20.3 Å². The fourth-order valence-corrected chi connectivity index (χ4v) is 3.26. The Bertz CT molecular complexity index is 576. The number of thiazole rings is 1. The van der Waals surface area contributed by atoms with Gasteiger partial charge in [-0.2, -0.15) is 0 Å². The van der Waals surface area contributed by atoms with Gasteiger partial charge in [-0.3, -0.25) is 9.00 Å². The number of carbonyl (C=O) groups excluding carboxylic acids is 1. The Morgan fingerprint density at radius 1 is 1.61 bits per heavy atom. The monoisotopic (exact) mass is 282 g/mol. The van der Waals surface area contributed by atoms with E-state index >= 15 is 0 Å². The largest absolute Gasteiger partial charge is 0.461 e. The van der Waals surface area contributed by atoms with E-state index in [1.165, 1.54) is 17.4 Å². The fourth-order valence-electron chi connectivity index (χ4n) is 1.21. The standard InChI is InChI=1S/C11H10N2O3S2/c1-2-6-16-9(14)7-18(15)11-13-8-4-3-5-12-10(8)17-11/h2-5H,1,6-7H2. The van der Waals surface area contributed by atoms with Gasteiger partial charge in [-0.05, 0) is 12.1 Å². The molecule has 7 heteroatoms. The summed E-state index contributed by atoms with van der Waals surface area (Å²) in [5.41, 5.74) is 0.685. The van der Waals surface area contributed by atoms with Gasteiger partial charge in [0, 0.05) is 6.20 Å². The molecule has 5 nitrogen and oxygen atoms in total. The number of fused-ring (bicyclic) bond motifs is 1. The Morgan fingerprint density at radius 3 is 3.17 bits per heavy atom. The van der Waals surface area contributed by atoms with Crippen molar-refractivity contribution in [2.45, 2.75) is 4.34 Å². The van der Waals surface area contributed by atoms with Crippen LogP contribution in [-0.4, -0.2) is 32.5 Å². The maximum absolute atomic E-state index is 11.9. The lowest BCUT2D eigenvalue weighted by atomic mass is 10.5. The van der Waals surface area contributed by atoms with Crippen molar-refractivity contribution in [2.75, 3.05) is 12.4 Å². The Kier molecular flexibility index (Phi) is 4.16. The summed E-state index contributed by atoms with van der Waals surface area (Å²) in [6.45, 7) is 3.55. The van der Waals surface area contributed by atoms with Gasteiger partial charge in [-0.15, -0.1) is 0 Å². The van der Waals surface area contributed by atoms with E-state index in [0.717, 1.165) is 0 Å². The van der Waals surface area contributed by atoms with Crippen LogP contribution in [0.3, 0.4) is 0 Å². The van der Waals surface area contributed by atoms with Gasteiger partial charge in [0.1, 0.15) is 22.7 Å². The van der Waals surface area contributed by atoms with Gasteiger partial charge in [0.2, 0.25) is 0 Å². The Morgan fingerprint density at radius 2 is 2.44 bits per heavy atom. The molecule has 0 aliphatic heterocycles. The third-order valence-electron chi connectivity index (χ3n) is 1.95. The van der Waals surface area contributed by atoms with Gasteiger partial charge in [0.05, 0.1) is 10.8 Å². The first-order valence-electron chi connectivity index (χ1n) is 5.07. The molecule has 2 aromatic rings. The summed E-state index contributed by atoms with van der Waals surface area (Å²) in [5.74, 6) is -0.728. The van der Waals surface area contributed by atoms with Crippen LogP contribution in [0.15, 0.2) is 35.3 Å². The first-order valence-corrected chi connectivity index (χ1v) is 7.20. The van der Waals surface area contributed by atoms with Crippen molar-refractivity contribution in [1.82, 2.24) is 9.97 Å². The van der Waals surface area contributed by atoms with Crippen molar-refractivity contribution in [1.29, 1.82) is 0 Å². The lowest BCUT2D eigenvalue weighted by molar-refractivity contribution is -0.139. The quantitative estimate of drug-likeness (QED) is 0.614. The molecule has 0 radical (unpaired) electrons.